The molecule has 0 saturated heterocycles. The van der Waals surface area contributed by atoms with Crippen LogP contribution in [0.15, 0.2) is 42.5 Å². The number of carboxylic acid groups (broad SMARTS) is 1. The molecule has 0 radical (unpaired) electrons. The quantitative estimate of drug-likeness (QED) is 0.732. The molecule has 26 heavy (non-hydrogen) atoms. The molecule has 7 heteroatoms. The van der Waals surface area contributed by atoms with Gasteiger partial charge in [0.15, 0.2) is 0 Å². The van der Waals surface area contributed by atoms with E-state index < -0.39 is 17.8 Å². The topological polar surface area (TPSA) is 75.6 Å². The van der Waals surface area contributed by atoms with E-state index in [-0.39, 0.29) is 18.7 Å². The Kier molecular flexibility index (Phi) is 6.97. The summed E-state index contributed by atoms with van der Waals surface area (Å²) in [6.07, 6.45) is -0.335. The number of amides is 1. The van der Waals surface area contributed by atoms with Crippen molar-refractivity contribution in [3.8, 4) is 5.75 Å². The van der Waals surface area contributed by atoms with Crippen LogP contribution in [0.25, 0.3) is 0 Å². The maximum absolute atomic E-state index is 13.1. The van der Waals surface area contributed by atoms with Crippen LogP contribution in [-0.2, 0) is 16.0 Å². The molecule has 138 valence electrons. The van der Waals surface area contributed by atoms with Crippen LogP contribution >= 0.6 is 11.6 Å². The molecule has 5 nitrogen and oxygen atoms in total. The number of rotatable bonds is 8. The lowest BCUT2D eigenvalue weighted by molar-refractivity contribution is -0.137. The summed E-state index contributed by atoms with van der Waals surface area (Å²) in [5.74, 6) is -1.46. The number of hydrogen-bond donors (Lipinski definition) is 2. The lowest BCUT2D eigenvalue weighted by Crippen LogP contribution is -2.31. The maximum Gasteiger partial charge on any atom is 0.305 e. The molecule has 0 aromatic heterocycles. The van der Waals surface area contributed by atoms with E-state index in [1.807, 2.05) is 6.92 Å². The van der Waals surface area contributed by atoms with Crippen molar-refractivity contribution in [3.05, 3.63) is 64.4 Å². The first-order valence-corrected chi connectivity index (χ1v) is 8.45. The molecule has 0 fully saturated rings. The Morgan fingerprint density at radius 1 is 1.23 bits per heavy atom. The second-order valence-corrected chi connectivity index (χ2v) is 6.01. The fraction of sp³-hybridized carbons (Fsp3) is 0.263. The maximum atomic E-state index is 13.1. The van der Waals surface area contributed by atoms with Gasteiger partial charge in [-0.25, -0.2) is 4.39 Å². The molecule has 0 aliphatic rings. The van der Waals surface area contributed by atoms with Crippen molar-refractivity contribution in [1.29, 1.82) is 0 Å². The molecule has 0 aliphatic heterocycles. The van der Waals surface area contributed by atoms with Crippen molar-refractivity contribution >= 4 is 23.5 Å². The molecule has 1 atom stereocenters. The van der Waals surface area contributed by atoms with Gasteiger partial charge in [0.1, 0.15) is 11.6 Å². The number of para-hydroxylation sites is 1. The van der Waals surface area contributed by atoms with Gasteiger partial charge in [-0.3, -0.25) is 9.59 Å². The molecule has 0 heterocycles. The molecule has 1 amide bonds. The molecule has 0 bridgehead atoms. The second kappa shape index (κ2) is 9.20. The first-order valence-electron chi connectivity index (χ1n) is 8.07. The first kappa shape index (κ1) is 19.7. The van der Waals surface area contributed by atoms with Crippen molar-refractivity contribution in [1.82, 2.24) is 5.32 Å². The summed E-state index contributed by atoms with van der Waals surface area (Å²) < 4.78 is 18.6. The molecule has 0 spiro atoms. The minimum Gasteiger partial charge on any atom is -0.492 e. The summed E-state index contributed by atoms with van der Waals surface area (Å²) in [4.78, 5) is 23.5. The van der Waals surface area contributed by atoms with Crippen molar-refractivity contribution in [2.45, 2.75) is 25.8 Å². The highest BCUT2D eigenvalue weighted by Gasteiger charge is 2.20. The average Bonchev–Trinajstić information content (AvgIpc) is 2.57. The number of aliphatic carboxylic acids is 1. The molecule has 2 N–H and O–H groups in total. The number of ether oxygens (including phenoxy) is 1. The summed E-state index contributed by atoms with van der Waals surface area (Å²) in [6, 6.07) is 9.68. The lowest BCUT2D eigenvalue weighted by atomic mass is 10.0. The van der Waals surface area contributed by atoms with E-state index in [0.29, 0.717) is 28.5 Å². The Bertz CT molecular complexity index is 780. The normalized spacial score (nSPS) is 11.7. The summed E-state index contributed by atoms with van der Waals surface area (Å²) >= 11 is 6.11. The standard InChI is InChI=1S/C19H19ClFNO4/c1-2-26-19-13(4-3-5-15(19)20)10-17(23)22-16(11-18(24)25)12-6-8-14(21)9-7-12/h3-9,16H,2,10-11H2,1H3,(H,22,23)(H,24,25). The summed E-state index contributed by atoms with van der Waals surface area (Å²) in [5, 5.41) is 12.2. The van der Waals surface area contributed by atoms with E-state index in [9.17, 15) is 14.0 Å². The zero-order valence-electron chi connectivity index (χ0n) is 14.2. The smallest absolute Gasteiger partial charge is 0.305 e. The van der Waals surface area contributed by atoms with Crippen molar-refractivity contribution in [2.75, 3.05) is 6.61 Å². The molecule has 2 aromatic carbocycles. The van der Waals surface area contributed by atoms with E-state index in [1.165, 1.54) is 24.3 Å². The highest BCUT2D eigenvalue weighted by Crippen LogP contribution is 2.29. The molecule has 2 rings (SSSR count). The summed E-state index contributed by atoms with van der Waals surface area (Å²) in [5.41, 5.74) is 1.11. The first-order chi connectivity index (χ1) is 12.4. The van der Waals surface area contributed by atoms with E-state index in [2.05, 4.69) is 5.32 Å². The van der Waals surface area contributed by atoms with E-state index in [1.54, 1.807) is 18.2 Å². The van der Waals surface area contributed by atoms with Crippen LogP contribution in [-0.4, -0.2) is 23.6 Å². The van der Waals surface area contributed by atoms with Gasteiger partial charge in [-0.1, -0.05) is 35.9 Å². The SMILES string of the molecule is CCOc1c(Cl)cccc1CC(=O)NC(CC(=O)O)c1ccc(F)cc1. The largest absolute Gasteiger partial charge is 0.492 e. The van der Waals surface area contributed by atoms with Gasteiger partial charge in [0, 0.05) is 5.56 Å². The Morgan fingerprint density at radius 3 is 2.54 bits per heavy atom. The third-order valence-corrected chi connectivity index (χ3v) is 3.97. The Balaban J connectivity index is 2.16. The highest BCUT2D eigenvalue weighted by atomic mass is 35.5. The van der Waals surface area contributed by atoms with Crippen LogP contribution < -0.4 is 10.1 Å². The highest BCUT2D eigenvalue weighted by molar-refractivity contribution is 6.32. The van der Waals surface area contributed by atoms with Crippen molar-refractivity contribution in [2.24, 2.45) is 0 Å². The average molecular weight is 380 g/mol. The van der Waals surface area contributed by atoms with Gasteiger partial charge < -0.3 is 15.2 Å². The number of hydrogen-bond acceptors (Lipinski definition) is 3. The summed E-state index contributed by atoms with van der Waals surface area (Å²) in [6.45, 7) is 2.21. The van der Waals surface area contributed by atoms with E-state index >= 15 is 0 Å². The molecular formula is C19H19ClFNO4. The predicted molar refractivity (Wildman–Crippen MR) is 95.9 cm³/mol. The molecule has 0 aliphatic carbocycles. The lowest BCUT2D eigenvalue weighted by Gasteiger charge is -2.18. The van der Waals surface area contributed by atoms with Crippen molar-refractivity contribution < 1.29 is 23.8 Å². The molecular weight excluding hydrogens is 361 g/mol. The number of benzene rings is 2. The zero-order valence-corrected chi connectivity index (χ0v) is 14.9. The predicted octanol–water partition coefficient (Wildman–Crippen LogP) is 3.75. The number of halogens is 2. The van der Waals surface area contributed by atoms with Crippen LogP contribution in [0.2, 0.25) is 5.02 Å². The van der Waals surface area contributed by atoms with Crippen LogP contribution in [0.5, 0.6) is 5.75 Å². The molecule has 0 saturated carbocycles. The molecule has 1 unspecified atom stereocenters. The van der Waals surface area contributed by atoms with Crippen molar-refractivity contribution in [3.63, 3.8) is 0 Å². The van der Waals surface area contributed by atoms with Gasteiger partial charge >= 0.3 is 5.97 Å². The number of carboxylic acids is 1. The van der Waals surface area contributed by atoms with Gasteiger partial charge in [-0.2, -0.15) is 0 Å². The third kappa shape index (κ3) is 5.46. The Labute approximate surface area is 155 Å². The second-order valence-electron chi connectivity index (χ2n) is 5.61. The van der Waals surface area contributed by atoms with Gasteiger partial charge in [0.25, 0.3) is 0 Å². The van der Waals surface area contributed by atoms with Crippen LogP contribution in [0.3, 0.4) is 0 Å². The van der Waals surface area contributed by atoms with Gasteiger partial charge in [-0.05, 0) is 30.7 Å². The third-order valence-electron chi connectivity index (χ3n) is 3.67. The Morgan fingerprint density at radius 2 is 1.92 bits per heavy atom. The fourth-order valence-electron chi connectivity index (χ4n) is 2.54. The van der Waals surface area contributed by atoms with E-state index in [4.69, 9.17) is 21.4 Å². The van der Waals surface area contributed by atoms with Gasteiger partial charge in [0.05, 0.1) is 30.5 Å². The Hall–Kier alpha value is -2.60. The van der Waals surface area contributed by atoms with Crippen LogP contribution in [0.4, 0.5) is 4.39 Å². The number of nitrogens with one attached hydrogen (secondary N) is 1. The fourth-order valence-corrected chi connectivity index (χ4v) is 2.79. The van der Waals surface area contributed by atoms with E-state index in [0.717, 1.165) is 0 Å². The van der Waals surface area contributed by atoms with Crippen LogP contribution in [0.1, 0.15) is 30.5 Å². The zero-order chi connectivity index (χ0) is 19.1. The minimum atomic E-state index is -1.07. The number of carbonyl (C=O) groups is 2. The molecule has 2 aromatic rings. The monoisotopic (exact) mass is 379 g/mol. The number of carbonyl (C=O) groups excluding carboxylic acids is 1. The minimum absolute atomic E-state index is 0.0206. The van der Waals surface area contributed by atoms with Gasteiger partial charge in [-0.15, -0.1) is 0 Å². The van der Waals surface area contributed by atoms with Gasteiger partial charge in [0.2, 0.25) is 5.91 Å². The summed E-state index contributed by atoms with van der Waals surface area (Å²) in [7, 11) is 0. The van der Waals surface area contributed by atoms with Crippen LogP contribution in [0, 0.1) is 5.82 Å².